The number of H-pyrrole nitrogens is 1. The second kappa shape index (κ2) is 6.61. The van der Waals surface area contributed by atoms with E-state index in [-0.39, 0.29) is 28.7 Å². The van der Waals surface area contributed by atoms with Crippen LogP contribution in [0.15, 0.2) is 22.2 Å². The third-order valence-electron chi connectivity index (χ3n) is 4.37. The first-order valence-electron chi connectivity index (χ1n) is 8.38. The van der Waals surface area contributed by atoms with Gasteiger partial charge in [0.15, 0.2) is 10.9 Å². The maximum Gasteiger partial charge on any atom is 0.433 e. The van der Waals surface area contributed by atoms with E-state index in [4.69, 9.17) is 4.74 Å². The summed E-state index contributed by atoms with van der Waals surface area (Å²) in [5.41, 5.74) is 0.260. The van der Waals surface area contributed by atoms with Crippen molar-refractivity contribution in [2.45, 2.75) is 55.3 Å². The van der Waals surface area contributed by atoms with Crippen molar-refractivity contribution in [3.05, 3.63) is 45.1 Å². The minimum absolute atomic E-state index is 0.0138. The molecular formula is C17H16F3N3O2S. The van der Waals surface area contributed by atoms with E-state index < -0.39 is 11.9 Å². The molecule has 2 aromatic rings. The maximum atomic E-state index is 13.4. The smallest absolute Gasteiger partial charge is 0.433 e. The zero-order valence-corrected chi connectivity index (χ0v) is 14.5. The Hall–Kier alpha value is -2.03. The molecular weight excluding hydrogens is 367 g/mol. The summed E-state index contributed by atoms with van der Waals surface area (Å²) in [5, 5.41) is 0.324. The predicted molar refractivity (Wildman–Crippen MR) is 89.3 cm³/mol. The molecule has 0 unspecified atom stereocenters. The highest BCUT2D eigenvalue weighted by Gasteiger charge is 2.37. The molecule has 4 rings (SSSR count). The zero-order chi connectivity index (χ0) is 18.3. The fourth-order valence-electron chi connectivity index (χ4n) is 2.96. The number of pyridine rings is 1. The number of ether oxygens (including phenoxy) is 1. The van der Waals surface area contributed by atoms with Crippen molar-refractivity contribution in [3.63, 3.8) is 0 Å². The van der Waals surface area contributed by atoms with Crippen LogP contribution in [0.5, 0.6) is 5.75 Å². The molecule has 138 valence electrons. The van der Waals surface area contributed by atoms with Gasteiger partial charge in [-0.25, -0.2) is 4.98 Å². The van der Waals surface area contributed by atoms with E-state index >= 15 is 0 Å². The van der Waals surface area contributed by atoms with E-state index in [1.165, 1.54) is 6.07 Å². The van der Waals surface area contributed by atoms with Gasteiger partial charge in [-0.15, -0.1) is 0 Å². The van der Waals surface area contributed by atoms with Crippen LogP contribution in [-0.4, -0.2) is 21.1 Å². The third kappa shape index (κ3) is 3.58. The van der Waals surface area contributed by atoms with Gasteiger partial charge in [-0.1, -0.05) is 11.8 Å². The number of hydrogen-bond acceptors (Lipinski definition) is 5. The Morgan fingerprint density at radius 3 is 2.85 bits per heavy atom. The number of thioether (sulfide) groups is 1. The normalized spacial score (nSPS) is 16.6. The molecule has 0 saturated heterocycles. The first-order valence-corrected chi connectivity index (χ1v) is 9.37. The van der Waals surface area contributed by atoms with Crippen LogP contribution in [-0.2, 0) is 24.8 Å². The van der Waals surface area contributed by atoms with Gasteiger partial charge in [0.25, 0.3) is 5.56 Å². The zero-order valence-electron chi connectivity index (χ0n) is 13.7. The molecule has 0 amide bonds. The molecule has 0 bridgehead atoms. The number of aromatic amines is 1. The van der Waals surface area contributed by atoms with Gasteiger partial charge in [-0.2, -0.15) is 13.2 Å². The molecule has 1 fully saturated rings. The van der Waals surface area contributed by atoms with Crippen molar-refractivity contribution in [2.24, 2.45) is 0 Å². The van der Waals surface area contributed by atoms with Gasteiger partial charge >= 0.3 is 6.18 Å². The molecule has 0 aliphatic heterocycles. The highest BCUT2D eigenvalue weighted by Crippen LogP contribution is 2.39. The average molecular weight is 383 g/mol. The Kier molecular flexibility index (Phi) is 4.42. The van der Waals surface area contributed by atoms with Crippen molar-refractivity contribution in [2.75, 3.05) is 0 Å². The molecule has 0 aromatic carbocycles. The molecule has 0 spiro atoms. The van der Waals surface area contributed by atoms with Gasteiger partial charge < -0.3 is 9.72 Å². The van der Waals surface area contributed by atoms with Gasteiger partial charge in [0.1, 0.15) is 5.75 Å². The van der Waals surface area contributed by atoms with E-state index in [1.54, 1.807) is 0 Å². The van der Waals surface area contributed by atoms with E-state index in [0.717, 1.165) is 49.3 Å². The number of rotatable bonds is 5. The summed E-state index contributed by atoms with van der Waals surface area (Å²) in [6, 6.07) is 1.46. The van der Waals surface area contributed by atoms with Gasteiger partial charge in [-0.3, -0.25) is 9.78 Å². The van der Waals surface area contributed by atoms with Gasteiger partial charge in [0.2, 0.25) is 0 Å². The fraction of sp³-hybridized carbons (Fsp3) is 0.471. The van der Waals surface area contributed by atoms with Crippen molar-refractivity contribution in [3.8, 4) is 5.75 Å². The van der Waals surface area contributed by atoms with Crippen LogP contribution in [0, 0.1) is 0 Å². The second-order valence-corrected chi connectivity index (χ2v) is 7.35. The molecule has 2 heterocycles. The lowest BCUT2D eigenvalue weighted by Crippen LogP contribution is -2.16. The summed E-state index contributed by atoms with van der Waals surface area (Å²) >= 11 is 1.06. The lowest BCUT2D eigenvalue weighted by molar-refractivity contribution is -0.141. The molecule has 1 saturated carbocycles. The van der Waals surface area contributed by atoms with E-state index in [2.05, 4.69) is 15.0 Å². The lowest BCUT2D eigenvalue weighted by Gasteiger charge is -2.16. The number of nitrogens with one attached hydrogen (secondary N) is 1. The van der Waals surface area contributed by atoms with Crippen LogP contribution >= 0.6 is 11.8 Å². The van der Waals surface area contributed by atoms with Crippen LogP contribution < -0.4 is 10.3 Å². The molecule has 2 aliphatic rings. The van der Waals surface area contributed by atoms with E-state index in [0.29, 0.717) is 17.1 Å². The predicted octanol–water partition coefficient (Wildman–Crippen LogP) is 3.51. The Balaban J connectivity index is 1.62. The van der Waals surface area contributed by atoms with Crippen molar-refractivity contribution < 1.29 is 17.9 Å². The minimum atomic E-state index is -4.57. The molecule has 5 nitrogen and oxygen atoms in total. The third-order valence-corrected chi connectivity index (χ3v) is 5.27. The minimum Gasteiger partial charge on any atom is -0.490 e. The van der Waals surface area contributed by atoms with Gasteiger partial charge in [0, 0.05) is 23.1 Å². The SMILES string of the molecule is O=c1[nH]c(SCc2c(OC3CC3)ccnc2C(F)(F)F)nc2c1CCC2. The lowest BCUT2D eigenvalue weighted by atomic mass is 10.2. The van der Waals surface area contributed by atoms with Crippen molar-refractivity contribution in [1.82, 2.24) is 15.0 Å². The summed E-state index contributed by atoms with van der Waals surface area (Å²) < 4.78 is 45.7. The maximum absolute atomic E-state index is 13.4. The second-order valence-electron chi connectivity index (χ2n) is 6.39. The average Bonchev–Trinajstić information content (AvgIpc) is 3.26. The molecule has 2 aromatic heterocycles. The number of fused-ring (bicyclic) bond motifs is 1. The van der Waals surface area contributed by atoms with E-state index in [9.17, 15) is 18.0 Å². The molecule has 9 heteroatoms. The van der Waals surface area contributed by atoms with Gasteiger partial charge in [0.05, 0.1) is 11.8 Å². The van der Waals surface area contributed by atoms with Crippen LogP contribution in [0.4, 0.5) is 13.2 Å². The molecule has 0 atom stereocenters. The fourth-order valence-corrected chi connectivity index (χ4v) is 3.86. The molecule has 26 heavy (non-hydrogen) atoms. The standard InChI is InChI=1S/C17H16F3N3O2S/c18-17(19,20)14-11(13(6-7-21-14)25-9-4-5-9)8-26-16-22-12-3-1-2-10(12)15(24)23-16/h6-7,9H,1-5,8H2,(H,22,23,24). The number of alkyl halides is 3. The Labute approximate surface area is 151 Å². The van der Waals surface area contributed by atoms with Crippen LogP contribution in [0.1, 0.15) is 41.8 Å². The van der Waals surface area contributed by atoms with Crippen molar-refractivity contribution >= 4 is 11.8 Å². The van der Waals surface area contributed by atoms with Crippen LogP contribution in [0.25, 0.3) is 0 Å². The summed E-state index contributed by atoms with van der Waals surface area (Å²) in [5.74, 6) is 0.165. The Morgan fingerprint density at radius 2 is 2.12 bits per heavy atom. The van der Waals surface area contributed by atoms with Crippen LogP contribution in [0.3, 0.4) is 0 Å². The highest BCUT2D eigenvalue weighted by atomic mass is 32.2. The van der Waals surface area contributed by atoms with Gasteiger partial charge in [-0.05, 0) is 38.2 Å². The number of nitrogens with zero attached hydrogens (tertiary/aromatic N) is 2. The first kappa shape index (κ1) is 17.4. The number of aryl methyl sites for hydroxylation is 1. The topological polar surface area (TPSA) is 67.9 Å². The number of halogens is 3. The summed E-state index contributed by atoms with van der Waals surface area (Å²) in [7, 11) is 0. The highest BCUT2D eigenvalue weighted by molar-refractivity contribution is 7.98. The molecule has 0 radical (unpaired) electrons. The number of aromatic nitrogens is 3. The van der Waals surface area contributed by atoms with E-state index in [1.807, 2.05) is 0 Å². The molecule has 1 N–H and O–H groups in total. The summed E-state index contributed by atoms with van der Waals surface area (Å²) in [6.07, 6.45) is 0.500. The van der Waals surface area contributed by atoms with Crippen molar-refractivity contribution in [1.29, 1.82) is 0 Å². The molecule has 2 aliphatic carbocycles. The number of hydrogen-bond donors (Lipinski definition) is 1. The monoisotopic (exact) mass is 383 g/mol. The summed E-state index contributed by atoms with van der Waals surface area (Å²) in [6.45, 7) is 0. The van der Waals surface area contributed by atoms with Crippen LogP contribution in [0.2, 0.25) is 0 Å². The Morgan fingerprint density at radius 1 is 1.31 bits per heavy atom. The first-order chi connectivity index (χ1) is 12.4. The Bertz CT molecular complexity index is 894. The summed E-state index contributed by atoms with van der Waals surface area (Å²) in [4.78, 5) is 22.6. The quantitative estimate of drug-likeness (QED) is 0.632. The largest absolute Gasteiger partial charge is 0.490 e.